The zero-order valence-electron chi connectivity index (χ0n) is 19.5. The highest BCUT2D eigenvalue weighted by atomic mass is 32.2. The number of furan rings is 1. The second-order valence-corrected chi connectivity index (χ2v) is 9.56. The normalized spacial score (nSPS) is 14.2. The van der Waals surface area contributed by atoms with Crippen LogP contribution in [0.25, 0.3) is 0 Å². The fourth-order valence-electron chi connectivity index (χ4n) is 4.32. The van der Waals surface area contributed by atoms with E-state index in [0.717, 1.165) is 47.8 Å². The first-order valence-corrected chi connectivity index (χ1v) is 12.8. The number of carboxylic acids is 1. The summed E-state index contributed by atoms with van der Waals surface area (Å²) in [6.45, 7) is 7.51. The van der Waals surface area contributed by atoms with Crippen LogP contribution >= 0.6 is 11.8 Å². The minimum absolute atomic E-state index is 0.133. The third kappa shape index (κ3) is 5.92. The van der Waals surface area contributed by atoms with Gasteiger partial charge >= 0.3 is 5.97 Å². The SMILES string of the molecule is CCCCCCSc1cc2c(cc1C#Cc1ccc(CC(=O)O)o1)C(CC)(CC)CCO2. The Hall–Kier alpha value is -2.32. The van der Waals surface area contributed by atoms with Gasteiger partial charge in [-0.2, -0.15) is 0 Å². The van der Waals surface area contributed by atoms with E-state index >= 15 is 0 Å². The Balaban J connectivity index is 1.92. The average Bonchev–Trinajstić information content (AvgIpc) is 3.23. The van der Waals surface area contributed by atoms with Gasteiger partial charge in [-0.1, -0.05) is 46.0 Å². The standard InChI is InChI=1S/C27H34O4S/c1-4-7-8-9-16-32-25-19-24-23(27(5-2,6-3)14-15-30-24)17-20(25)10-11-21-12-13-22(31-21)18-26(28)29/h12-13,17,19H,4-9,14-16,18H2,1-3H3,(H,28,29). The lowest BCUT2D eigenvalue weighted by Crippen LogP contribution is -2.32. The van der Waals surface area contributed by atoms with Crippen LogP contribution in [-0.2, 0) is 16.6 Å². The van der Waals surface area contributed by atoms with Crippen molar-refractivity contribution in [1.29, 1.82) is 0 Å². The molecule has 1 N–H and O–H groups in total. The number of ether oxygens (including phenoxy) is 1. The lowest BCUT2D eigenvalue weighted by Gasteiger charge is -2.38. The maximum absolute atomic E-state index is 10.9. The van der Waals surface area contributed by atoms with Crippen LogP contribution in [0.2, 0.25) is 0 Å². The second-order valence-electron chi connectivity index (χ2n) is 8.43. The van der Waals surface area contributed by atoms with E-state index in [1.807, 2.05) is 11.8 Å². The Morgan fingerprint density at radius 3 is 2.66 bits per heavy atom. The minimum Gasteiger partial charge on any atom is -0.493 e. The number of carbonyl (C=O) groups is 1. The van der Waals surface area contributed by atoms with Crippen LogP contribution in [0.3, 0.4) is 0 Å². The average molecular weight is 455 g/mol. The summed E-state index contributed by atoms with van der Waals surface area (Å²) >= 11 is 1.84. The highest BCUT2D eigenvalue weighted by molar-refractivity contribution is 7.99. The van der Waals surface area contributed by atoms with Crippen LogP contribution in [0.1, 0.15) is 88.4 Å². The molecule has 32 heavy (non-hydrogen) atoms. The number of hydrogen-bond acceptors (Lipinski definition) is 4. The third-order valence-corrected chi connectivity index (χ3v) is 7.55. The third-order valence-electron chi connectivity index (χ3n) is 6.41. The number of carboxylic acid groups (broad SMARTS) is 1. The molecule has 0 atom stereocenters. The Bertz CT molecular complexity index is 975. The Kier molecular flexibility index (Phi) is 8.75. The van der Waals surface area contributed by atoms with Crippen molar-refractivity contribution in [3.8, 4) is 17.6 Å². The van der Waals surface area contributed by atoms with E-state index in [1.54, 1.807) is 12.1 Å². The van der Waals surface area contributed by atoms with Gasteiger partial charge in [0, 0.05) is 21.4 Å². The summed E-state index contributed by atoms with van der Waals surface area (Å²) in [5, 5.41) is 8.95. The van der Waals surface area contributed by atoms with E-state index in [0.29, 0.717) is 11.5 Å². The molecule has 2 aromatic rings. The Labute approximate surface area is 196 Å². The molecule has 0 radical (unpaired) electrons. The van der Waals surface area contributed by atoms with Crippen molar-refractivity contribution in [3.63, 3.8) is 0 Å². The second kappa shape index (κ2) is 11.5. The molecule has 1 aromatic heterocycles. The Morgan fingerprint density at radius 1 is 1.12 bits per heavy atom. The maximum atomic E-state index is 10.9. The van der Waals surface area contributed by atoms with Crippen LogP contribution < -0.4 is 4.74 Å². The molecular weight excluding hydrogens is 420 g/mol. The van der Waals surface area contributed by atoms with Crippen molar-refractivity contribution in [3.05, 3.63) is 46.9 Å². The smallest absolute Gasteiger partial charge is 0.311 e. The van der Waals surface area contributed by atoms with E-state index in [9.17, 15) is 4.79 Å². The van der Waals surface area contributed by atoms with Gasteiger partial charge in [-0.25, -0.2) is 0 Å². The zero-order valence-corrected chi connectivity index (χ0v) is 20.3. The molecule has 0 amide bonds. The van der Waals surface area contributed by atoms with Crippen LogP contribution in [0.4, 0.5) is 0 Å². The number of unbranched alkanes of at least 4 members (excludes halogenated alkanes) is 3. The fraction of sp³-hybridized carbons (Fsp3) is 0.519. The first-order valence-electron chi connectivity index (χ1n) is 11.8. The fourth-order valence-corrected chi connectivity index (χ4v) is 5.34. The van der Waals surface area contributed by atoms with Gasteiger partial charge in [0.1, 0.15) is 17.9 Å². The molecule has 0 spiro atoms. The molecule has 0 bridgehead atoms. The number of rotatable bonds is 10. The van der Waals surface area contributed by atoms with Crippen molar-refractivity contribution < 1.29 is 19.1 Å². The summed E-state index contributed by atoms with van der Waals surface area (Å²) in [7, 11) is 0. The molecule has 0 aliphatic carbocycles. The van der Waals surface area contributed by atoms with Gasteiger partial charge in [-0.05, 0) is 61.6 Å². The van der Waals surface area contributed by atoms with Gasteiger partial charge in [-0.3, -0.25) is 4.79 Å². The Morgan fingerprint density at radius 2 is 1.94 bits per heavy atom. The van der Waals surface area contributed by atoms with Gasteiger partial charge in [0.15, 0.2) is 5.76 Å². The van der Waals surface area contributed by atoms with Gasteiger partial charge < -0.3 is 14.3 Å². The minimum atomic E-state index is -0.911. The van der Waals surface area contributed by atoms with Gasteiger partial charge in [0.2, 0.25) is 0 Å². The predicted octanol–water partition coefficient (Wildman–Crippen LogP) is 6.82. The molecule has 2 heterocycles. The monoisotopic (exact) mass is 454 g/mol. The highest BCUT2D eigenvalue weighted by Crippen LogP contribution is 2.46. The number of aliphatic carboxylic acids is 1. The van der Waals surface area contributed by atoms with Crippen LogP contribution in [0.15, 0.2) is 33.6 Å². The zero-order chi connectivity index (χ0) is 23.0. The molecule has 1 aliphatic heterocycles. The topological polar surface area (TPSA) is 59.7 Å². The first kappa shape index (κ1) is 24.3. The van der Waals surface area contributed by atoms with Crippen molar-refractivity contribution in [2.75, 3.05) is 12.4 Å². The summed E-state index contributed by atoms with van der Waals surface area (Å²) < 4.78 is 11.7. The summed E-state index contributed by atoms with van der Waals surface area (Å²) in [4.78, 5) is 12.1. The quantitative estimate of drug-likeness (QED) is 0.242. The molecule has 0 saturated carbocycles. The highest BCUT2D eigenvalue weighted by Gasteiger charge is 2.35. The van der Waals surface area contributed by atoms with Crippen molar-refractivity contribution >= 4 is 17.7 Å². The number of thioether (sulfide) groups is 1. The van der Waals surface area contributed by atoms with Crippen molar-refractivity contribution in [2.45, 2.75) is 82.4 Å². The summed E-state index contributed by atoms with van der Waals surface area (Å²) in [6.07, 6.45) is 7.99. The molecule has 172 valence electrons. The van der Waals surface area contributed by atoms with E-state index in [1.165, 1.54) is 31.2 Å². The van der Waals surface area contributed by atoms with E-state index in [4.69, 9.17) is 14.3 Å². The predicted molar refractivity (Wildman–Crippen MR) is 130 cm³/mol. The molecule has 0 fully saturated rings. The van der Waals surface area contributed by atoms with Gasteiger partial charge in [0.05, 0.1) is 6.61 Å². The van der Waals surface area contributed by atoms with E-state index in [-0.39, 0.29) is 11.8 Å². The number of fused-ring (bicyclic) bond motifs is 1. The summed E-state index contributed by atoms with van der Waals surface area (Å²) in [5.41, 5.74) is 2.39. The van der Waals surface area contributed by atoms with Crippen LogP contribution in [-0.4, -0.2) is 23.4 Å². The molecule has 4 nitrogen and oxygen atoms in total. The first-order chi connectivity index (χ1) is 15.5. The summed E-state index contributed by atoms with van der Waals surface area (Å²) in [6, 6.07) is 7.83. The maximum Gasteiger partial charge on any atom is 0.311 e. The number of hydrogen-bond donors (Lipinski definition) is 1. The largest absolute Gasteiger partial charge is 0.493 e. The molecular formula is C27H34O4S. The van der Waals surface area contributed by atoms with E-state index < -0.39 is 5.97 Å². The van der Waals surface area contributed by atoms with Gasteiger partial charge in [-0.15, -0.1) is 11.8 Å². The molecule has 0 unspecified atom stereocenters. The van der Waals surface area contributed by atoms with Gasteiger partial charge in [0.25, 0.3) is 0 Å². The van der Waals surface area contributed by atoms with Crippen molar-refractivity contribution in [1.82, 2.24) is 0 Å². The number of benzene rings is 1. The molecule has 5 heteroatoms. The lowest BCUT2D eigenvalue weighted by atomic mass is 9.71. The lowest BCUT2D eigenvalue weighted by molar-refractivity contribution is -0.136. The van der Waals surface area contributed by atoms with E-state index in [2.05, 4.69) is 44.7 Å². The molecule has 1 aromatic carbocycles. The van der Waals surface area contributed by atoms with Crippen LogP contribution in [0.5, 0.6) is 5.75 Å². The molecule has 3 rings (SSSR count). The summed E-state index contributed by atoms with van der Waals surface area (Å²) in [5.74, 6) is 8.49. The van der Waals surface area contributed by atoms with Crippen molar-refractivity contribution in [2.24, 2.45) is 0 Å². The molecule has 0 saturated heterocycles. The molecule has 1 aliphatic rings. The van der Waals surface area contributed by atoms with Crippen LogP contribution in [0, 0.1) is 11.8 Å².